The summed E-state index contributed by atoms with van der Waals surface area (Å²) in [5, 5.41) is 7.95. The van der Waals surface area contributed by atoms with E-state index in [2.05, 4.69) is 30.7 Å². The molecule has 15 heteroatoms. The van der Waals surface area contributed by atoms with Crippen LogP contribution in [-0.2, 0) is 14.3 Å². The van der Waals surface area contributed by atoms with Crippen LogP contribution in [-0.4, -0.2) is 67.7 Å². The van der Waals surface area contributed by atoms with E-state index in [4.69, 9.17) is 9.47 Å². The van der Waals surface area contributed by atoms with Crippen LogP contribution in [0.15, 0.2) is 30.6 Å². The van der Waals surface area contributed by atoms with Crippen molar-refractivity contribution in [2.75, 3.05) is 44.1 Å². The SMILES string of the molecule is COCCNc1ccc(OC(F)(F)F)cc1NC(=O)C(NC(=O)c1cnc(C(F)F)cn1)C1CCOC1. The van der Waals surface area contributed by atoms with Crippen molar-refractivity contribution in [3.8, 4) is 5.75 Å². The molecule has 2 unspecified atom stereocenters. The van der Waals surface area contributed by atoms with E-state index in [1.807, 2.05) is 0 Å². The van der Waals surface area contributed by atoms with Gasteiger partial charge in [-0.25, -0.2) is 13.8 Å². The molecule has 2 atom stereocenters. The summed E-state index contributed by atoms with van der Waals surface area (Å²) in [6, 6.07) is 2.16. The third-order valence-corrected chi connectivity index (χ3v) is 5.24. The molecule has 2 amide bonds. The van der Waals surface area contributed by atoms with E-state index in [9.17, 15) is 31.5 Å². The van der Waals surface area contributed by atoms with E-state index in [0.29, 0.717) is 13.0 Å². The summed E-state index contributed by atoms with van der Waals surface area (Å²) in [5.41, 5.74) is -0.684. The Morgan fingerprint density at radius 3 is 2.57 bits per heavy atom. The fourth-order valence-electron chi connectivity index (χ4n) is 3.47. The van der Waals surface area contributed by atoms with Gasteiger partial charge in [-0.3, -0.25) is 14.6 Å². The number of anilines is 2. The van der Waals surface area contributed by atoms with Crippen LogP contribution in [0.4, 0.5) is 33.3 Å². The van der Waals surface area contributed by atoms with Gasteiger partial charge in [0, 0.05) is 32.2 Å². The van der Waals surface area contributed by atoms with Gasteiger partial charge < -0.3 is 30.2 Å². The van der Waals surface area contributed by atoms with Gasteiger partial charge in [-0.15, -0.1) is 13.2 Å². The molecule has 10 nitrogen and oxygen atoms in total. The minimum absolute atomic E-state index is 0.0397. The number of carbonyl (C=O) groups is 2. The van der Waals surface area contributed by atoms with Crippen molar-refractivity contribution >= 4 is 23.2 Å². The van der Waals surface area contributed by atoms with Crippen LogP contribution in [0.2, 0.25) is 0 Å². The molecule has 0 aliphatic carbocycles. The van der Waals surface area contributed by atoms with Crippen molar-refractivity contribution in [3.05, 3.63) is 42.0 Å². The molecular formula is C22H24F5N5O5. The van der Waals surface area contributed by atoms with E-state index in [1.165, 1.54) is 13.2 Å². The number of amides is 2. The van der Waals surface area contributed by atoms with Crippen molar-refractivity contribution < 1.29 is 45.8 Å². The van der Waals surface area contributed by atoms with Crippen LogP contribution in [0.5, 0.6) is 5.75 Å². The average Bonchev–Trinajstić information content (AvgIpc) is 3.37. The number of aromatic nitrogens is 2. The third kappa shape index (κ3) is 8.21. The van der Waals surface area contributed by atoms with Crippen molar-refractivity contribution in [1.29, 1.82) is 0 Å². The highest BCUT2D eigenvalue weighted by atomic mass is 19.4. The van der Waals surface area contributed by atoms with Gasteiger partial charge in [-0.2, -0.15) is 0 Å². The lowest BCUT2D eigenvalue weighted by molar-refractivity contribution is -0.274. The van der Waals surface area contributed by atoms with Crippen molar-refractivity contribution in [2.45, 2.75) is 25.3 Å². The number of alkyl halides is 5. The molecule has 1 saturated heterocycles. The number of hydrogen-bond donors (Lipinski definition) is 3. The Balaban J connectivity index is 1.82. The van der Waals surface area contributed by atoms with Gasteiger partial charge in [-0.1, -0.05) is 0 Å². The van der Waals surface area contributed by atoms with Crippen molar-refractivity contribution in [1.82, 2.24) is 15.3 Å². The van der Waals surface area contributed by atoms with Crippen LogP contribution in [0, 0.1) is 5.92 Å². The first-order valence-corrected chi connectivity index (χ1v) is 11.0. The summed E-state index contributed by atoms with van der Waals surface area (Å²) in [5.74, 6) is -2.65. The molecule has 1 aromatic carbocycles. The molecule has 1 aliphatic rings. The summed E-state index contributed by atoms with van der Waals surface area (Å²) in [7, 11) is 1.47. The van der Waals surface area contributed by atoms with Crippen molar-refractivity contribution in [3.63, 3.8) is 0 Å². The van der Waals surface area contributed by atoms with Crippen LogP contribution < -0.4 is 20.7 Å². The zero-order valence-electron chi connectivity index (χ0n) is 19.5. The van der Waals surface area contributed by atoms with Gasteiger partial charge in [0.15, 0.2) is 0 Å². The second-order valence-electron chi connectivity index (χ2n) is 7.87. The highest BCUT2D eigenvalue weighted by molar-refractivity contribution is 6.02. The molecule has 2 heterocycles. The highest BCUT2D eigenvalue weighted by Gasteiger charge is 2.34. The van der Waals surface area contributed by atoms with Gasteiger partial charge in [0.25, 0.3) is 12.3 Å². The predicted octanol–water partition coefficient (Wildman–Crippen LogP) is 3.14. The fourth-order valence-corrected chi connectivity index (χ4v) is 3.47. The zero-order chi connectivity index (χ0) is 27.0. The number of benzene rings is 1. The summed E-state index contributed by atoms with van der Waals surface area (Å²) < 4.78 is 77.9. The number of hydrogen-bond acceptors (Lipinski definition) is 8. The quantitative estimate of drug-likeness (QED) is 0.297. The lowest BCUT2D eigenvalue weighted by Gasteiger charge is -2.24. The number of carbonyl (C=O) groups excluding carboxylic acids is 2. The first kappa shape index (κ1) is 28.0. The Hall–Kier alpha value is -3.59. The first-order chi connectivity index (χ1) is 17.6. The number of halogens is 5. The van der Waals surface area contributed by atoms with Crippen LogP contribution in [0.25, 0.3) is 0 Å². The maximum absolute atomic E-state index is 13.3. The lowest BCUT2D eigenvalue weighted by Crippen LogP contribution is -2.49. The van der Waals surface area contributed by atoms with Crippen LogP contribution >= 0.6 is 0 Å². The maximum Gasteiger partial charge on any atom is 0.573 e. The third-order valence-electron chi connectivity index (χ3n) is 5.24. The largest absolute Gasteiger partial charge is 0.573 e. The smallest absolute Gasteiger partial charge is 0.406 e. The van der Waals surface area contributed by atoms with Gasteiger partial charge >= 0.3 is 6.36 Å². The maximum atomic E-state index is 13.3. The zero-order valence-corrected chi connectivity index (χ0v) is 19.5. The average molecular weight is 533 g/mol. The molecule has 1 fully saturated rings. The second kappa shape index (κ2) is 12.6. The molecule has 1 aromatic heterocycles. The van der Waals surface area contributed by atoms with Gasteiger partial charge in [0.1, 0.15) is 23.2 Å². The van der Waals surface area contributed by atoms with Gasteiger partial charge in [-0.05, 0) is 18.6 Å². The Bertz CT molecular complexity index is 1060. The Morgan fingerprint density at radius 2 is 1.97 bits per heavy atom. The van der Waals surface area contributed by atoms with Gasteiger partial charge in [0.05, 0.1) is 37.0 Å². The molecular weight excluding hydrogens is 509 g/mol. The summed E-state index contributed by atoms with van der Waals surface area (Å²) in [6.07, 6.45) is -5.82. The standard InChI is InChI=1S/C22H24F5N5O5/c1-35-7-5-28-14-3-2-13(37-22(25,26)27)8-15(14)31-21(34)18(12-4-6-36-11-12)32-20(33)17-10-29-16(9-30-17)19(23)24/h2-3,8-10,12,18-19,28H,4-7,11H2,1H3,(H,31,34)(H,32,33). The molecule has 3 N–H and O–H groups in total. The molecule has 0 bridgehead atoms. The van der Waals surface area contributed by atoms with E-state index in [-0.39, 0.29) is 36.8 Å². The Kier molecular flexibility index (Phi) is 9.52. The minimum Gasteiger partial charge on any atom is -0.406 e. The lowest BCUT2D eigenvalue weighted by atomic mass is 9.97. The summed E-state index contributed by atoms with van der Waals surface area (Å²) in [6.45, 7) is 1.01. The van der Waals surface area contributed by atoms with E-state index >= 15 is 0 Å². The minimum atomic E-state index is -4.95. The number of ether oxygens (including phenoxy) is 3. The monoisotopic (exact) mass is 533 g/mol. The fraction of sp³-hybridized carbons (Fsp3) is 0.455. The number of nitrogens with one attached hydrogen (secondary N) is 3. The molecule has 0 spiro atoms. The first-order valence-electron chi connectivity index (χ1n) is 11.0. The van der Waals surface area contributed by atoms with Crippen molar-refractivity contribution in [2.24, 2.45) is 5.92 Å². The van der Waals surface area contributed by atoms with E-state index in [1.54, 1.807) is 0 Å². The van der Waals surface area contributed by atoms with Gasteiger partial charge in [0.2, 0.25) is 5.91 Å². The topological polar surface area (TPSA) is 124 Å². The molecule has 0 saturated carbocycles. The molecule has 1 aliphatic heterocycles. The molecule has 0 radical (unpaired) electrons. The summed E-state index contributed by atoms with van der Waals surface area (Å²) >= 11 is 0. The highest BCUT2D eigenvalue weighted by Crippen LogP contribution is 2.31. The molecule has 2 aromatic rings. The summed E-state index contributed by atoms with van der Waals surface area (Å²) in [4.78, 5) is 33.1. The Labute approximate surface area is 207 Å². The van der Waals surface area contributed by atoms with E-state index < -0.39 is 48.0 Å². The normalized spacial score (nSPS) is 16.4. The molecule has 37 heavy (non-hydrogen) atoms. The molecule has 3 rings (SSSR count). The predicted molar refractivity (Wildman–Crippen MR) is 119 cm³/mol. The van der Waals surface area contributed by atoms with E-state index in [0.717, 1.165) is 24.5 Å². The number of methoxy groups -OCH3 is 1. The number of nitrogens with zero attached hydrogens (tertiary/aromatic N) is 2. The number of rotatable bonds is 11. The van der Waals surface area contributed by atoms with Crippen LogP contribution in [0.3, 0.4) is 0 Å². The second-order valence-corrected chi connectivity index (χ2v) is 7.87. The molecule has 202 valence electrons. The Morgan fingerprint density at radius 1 is 1.19 bits per heavy atom. The van der Waals surface area contributed by atoms with Crippen LogP contribution in [0.1, 0.15) is 29.0 Å².